The number of halogens is 1. The molecule has 0 aliphatic carbocycles. The van der Waals surface area contributed by atoms with E-state index in [1.165, 1.54) is 18.5 Å². The molecule has 25 heavy (non-hydrogen) atoms. The van der Waals surface area contributed by atoms with E-state index in [0.717, 1.165) is 5.56 Å². The third kappa shape index (κ3) is 2.97. The largest absolute Gasteiger partial charge is 0.382 e. The molecular weight excluding hydrogens is 321 g/mol. The zero-order chi connectivity index (χ0) is 17.2. The Balaban J connectivity index is 1.64. The number of anilines is 2. The SMILES string of the molecule is Nc1nn2cccnc2c1-c1cc(NCc2cccc(F)c2)ncn1. The highest BCUT2D eigenvalue weighted by molar-refractivity contribution is 5.84. The lowest BCUT2D eigenvalue weighted by Gasteiger charge is -2.07. The number of hydrogen-bond donors (Lipinski definition) is 2. The molecule has 3 N–H and O–H groups in total. The summed E-state index contributed by atoms with van der Waals surface area (Å²) in [6, 6.07) is 9.93. The molecule has 3 heterocycles. The molecule has 0 aliphatic rings. The van der Waals surface area contributed by atoms with Crippen LogP contribution in [-0.2, 0) is 6.54 Å². The van der Waals surface area contributed by atoms with Crippen LogP contribution in [0.3, 0.4) is 0 Å². The molecule has 0 unspecified atom stereocenters. The van der Waals surface area contributed by atoms with Gasteiger partial charge in [-0.3, -0.25) is 0 Å². The van der Waals surface area contributed by atoms with Crippen LogP contribution in [-0.4, -0.2) is 24.6 Å². The second-order valence-electron chi connectivity index (χ2n) is 5.42. The zero-order valence-corrected chi connectivity index (χ0v) is 13.1. The molecule has 7 nitrogen and oxygen atoms in total. The number of benzene rings is 1. The summed E-state index contributed by atoms with van der Waals surface area (Å²) in [7, 11) is 0. The topological polar surface area (TPSA) is 94.0 Å². The second-order valence-corrected chi connectivity index (χ2v) is 5.42. The van der Waals surface area contributed by atoms with Gasteiger partial charge < -0.3 is 11.1 Å². The summed E-state index contributed by atoms with van der Waals surface area (Å²) in [4.78, 5) is 12.8. The Labute approximate surface area is 142 Å². The van der Waals surface area contributed by atoms with Crippen LogP contribution in [0.5, 0.6) is 0 Å². The van der Waals surface area contributed by atoms with E-state index in [1.807, 2.05) is 6.07 Å². The monoisotopic (exact) mass is 335 g/mol. The van der Waals surface area contributed by atoms with Crippen molar-refractivity contribution in [2.24, 2.45) is 0 Å². The van der Waals surface area contributed by atoms with Gasteiger partial charge >= 0.3 is 0 Å². The summed E-state index contributed by atoms with van der Waals surface area (Å²) in [6.45, 7) is 0.441. The van der Waals surface area contributed by atoms with E-state index in [0.29, 0.717) is 35.1 Å². The predicted octanol–water partition coefficient (Wildman–Crippen LogP) is 2.52. The van der Waals surface area contributed by atoms with Gasteiger partial charge in [-0.05, 0) is 23.8 Å². The van der Waals surface area contributed by atoms with Gasteiger partial charge in [-0.15, -0.1) is 5.10 Å². The Morgan fingerprint density at radius 2 is 2.04 bits per heavy atom. The van der Waals surface area contributed by atoms with Gasteiger partial charge in [0.05, 0.1) is 11.3 Å². The van der Waals surface area contributed by atoms with Crippen LogP contribution >= 0.6 is 0 Å². The summed E-state index contributed by atoms with van der Waals surface area (Å²) in [5.41, 5.74) is 8.72. The van der Waals surface area contributed by atoms with Crippen molar-refractivity contribution in [1.29, 1.82) is 0 Å². The third-order valence-corrected chi connectivity index (χ3v) is 3.71. The number of fused-ring (bicyclic) bond motifs is 1. The van der Waals surface area contributed by atoms with Gasteiger partial charge in [0.15, 0.2) is 11.5 Å². The molecular formula is C17H14FN7. The molecule has 0 aliphatic heterocycles. The quantitative estimate of drug-likeness (QED) is 0.595. The molecule has 0 saturated heterocycles. The van der Waals surface area contributed by atoms with Gasteiger partial charge in [0, 0.05) is 25.0 Å². The van der Waals surface area contributed by atoms with Crippen LogP contribution in [0.1, 0.15) is 5.56 Å². The number of nitrogens with two attached hydrogens (primary N) is 1. The van der Waals surface area contributed by atoms with Crippen molar-refractivity contribution in [2.45, 2.75) is 6.54 Å². The number of rotatable bonds is 4. The first kappa shape index (κ1) is 15.0. The Morgan fingerprint density at radius 1 is 1.12 bits per heavy atom. The standard InChI is InChI=1S/C17H14FN7/c18-12-4-1-3-11(7-12)9-21-14-8-13(22-10-23-14)15-16(19)24-25-6-2-5-20-17(15)25/h1-8,10H,9H2,(H2,19,24)(H,21,22,23). The second kappa shape index (κ2) is 6.16. The number of nitrogens with zero attached hydrogens (tertiary/aromatic N) is 5. The molecule has 3 aromatic heterocycles. The highest BCUT2D eigenvalue weighted by Crippen LogP contribution is 2.28. The van der Waals surface area contributed by atoms with Crippen molar-refractivity contribution in [3.8, 4) is 11.3 Å². The van der Waals surface area contributed by atoms with E-state index >= 15 is 0 Å². The van der Waals surface area contributed by atoms with Gasteiger partial charge in [-0.2, -0.15) is 0 Å². The number of hydrogen-bond acceptors (Lipinski definition) is 6. The van der Waals surface area contributed by atoms with Crippen LogP contribution < -0.4 is 11.1 Å². The molecule has 4 aromatic rings. The molecule has 0 amide bonds. The smallest absolute Gasteiger partial charge is 0.166 e. The van der Waals surface area contributed by atoms with Crippen molar-refractivity contribution in [3.63, 3.8) is 0 Å². The van der Waals surface area contributed by atoms with Crippen molar-refractivity contribution in [3.05, 3.63) is 66.5 Å². The Kier molecular flexibility index (Phi) is 3.70. The van der Waals surface area contributed by atoms with E-state index in [4.69, 9.17) is 5.73 Å². The van der Waals surface area contributed by atoms with Crippen LogP contribution in [0.25, 0.3) is 16.9 Å². The minimum atomic E-state index is -0.270. The lowest BCUT2D eigenvalue weighted by atomic mass is 10.2. The van der Waals surface area contributed by atoms with Gasteiger partial charge in [-0.25, -0.2) is 23.9 Å². The summed E-state index contributed by atoms with van der Waals surface area (Å²) in [5.74, 6) is 0.672. The van der Waals surface area contributed by atoms with E-state index < -0.39 is 0 Å². The number of nitrogens with one attached hydrogen (secondary N) is 1. The third-order valence-electron chi connectivity index (χ3n) is 3.71. The number of nitrogen functional groups attached to an aromatic ring is 1. The first-order valence-electron chi connectivity index (χ1n) is 7.60. The highest BCUT2D eigenvalue weighted by atomic mass is 19.1. The van der Waals surface area contributed by atoms with Crippen molar-refractivity contribution in [2.75, 3.05) is 11.1 Å². The van der Waals surface area contributed by atoms with Crippen LogP contribution in [0.15, 0.2) is 55.1 Å². The van der Waals surface area contributed by atoms with E-state index in [-0.39, 0.29) is 5.82 Å². The van der Waals surface area contributed by atoms with Crippen LogP contribution in [0.2, 0.25) is 0 Å². The minimum absolute atomic E-state index is 0.270. The summed E-state index contributed by atoms with van der Waals surface area (Å²) in [6.07, 6.45) is 4.88. The molecule has 4 rings (SSSR count). The maximum Gasteiger partial charge on any atom is 0.166 e. The van der Waals surface area contributed by atoms with E-state index in [9.17, 15) is 4.39 Å². The van der Waals surface area contributed by atoms with Crippen LogP contribution in [0, 0.1) is 5.82 Å². The lowest BCUT2D eigenvalue weighted by molar-refractivity contribution is 0.626. The fraction of sp³-hybridized carbons (Fsp3) is 0.0588. The van der Waals surface area contributed by atoms with Gasteiger partial charge in [0.25, 0.3) is 0 Å². The average molecular weight is 335 g/mol. The predicted molar refractivity (Wildman–Crippen MR) is 92.2 cm³/mol. The Bertz CT molecular complexity index is 1040. The molecule has 0 radical (unpaired) electrons. The molecule has 0 saturated carbocycles. The number of aromatic nitrogens is 5. The highest BCUT2D eigenvalue weighted by Gasteiger charge is 2.15. The first-order valence-corrected chi connectivity index (χ1v) is 7.60. The molecule has 0 atom stereocenters. The Morgan fingerprint density at radius 3 is 2.92 bits per heavy atom. The fourth-order valence-corrected chi connectivity index (χ4v) is 2.58. The molecule has 124 valence electrons. The molecule has 0 fully saturated rings. The van der Waals surface area contributed by atoms with Gasteiger partial charge in [0.2, 0.25) is 0 Å². The van der Waals surface area contributed by atoms with Crippen molar-refractivity contribution >= 4 is 17.3 Å². The minimum Gasteiger partial charge on any atom is -0.382 e. The van der Waals surface area contributed by atoms with E-state index in [1.54, 1.807) is 35.1 Å². The summed E-state index contributed by atoms with van der Waals surface area (Å²) >= 11 is 0. The maximum atomic E-state index is 13.3. The van der Waals surface area contributed by atoms with Gasteiger partial charge in [0.1, 0.15) is 18.0 Å². The summed E-state index contributed by atoms with van der Waals surface area (Å²) in [5, 5.41) is 7.38. The zero-order valence-electron chi connectivity index (χ0n) is 13.1. The lowest BCUT2D eigenvalue weighted by Crippen LogP contribution is -2.02. The molecule has 0 bridgehead atoms. The molecule has 8 heteroatoms. The van der Waals surface area contributed by atoms with Crippen molar-refractivity contribution in [1.82, 2.24) is 24.6 Å². The first-order chi connectivity index (χ1) is 12.2. The van der Waals surface area contributed by atoms with Gasteiger partial charge in [-0.1, -0.05) is 12.1 Å². The van der Waals surface area contributed by atoms with Crippen LogP contribution in [0.4, 0.5) is 16.0 Å². The Hall–Kier alpha value is -3.55. The average Bonchev–Trinajstić information content (AvgIpc) is 2.96. The molecule has 0 spiro atoms. The fourth-order valence-electron chi connectivity index (χ4n) is 2.58. The summed E-state index contributed by atoms with van der Waals surface area (Å²) < 4.78 is 14.9. The van der Waals surface area contributed by atoms with Crippen molar-refractivity contribution < 1.29 is 4.39 Å². The van der Waals surface area contributed by atoms with E-state index in [2.05, 4.69) is 25.4 Å². The normalized spacial score (nSPS) is 10.9. The maximum absolute atomic E-state index is 13.3. The molecule has 1 aromatic carbocycles.